The standard InChI is InChI=1S/C19H22ClNO2/c1-2-22-18-5-3-4-15(12-21-17-10-11-17)19(18)23-13-14-6-8-16(20)9-7-14/h3-9,17,21H,2,10-13H2,1H3. The number of ether oxygens (including phenoxy) is 2. The van der Waals surface area contributed by atoms with Gasteiger partial charge < -0.3 is 14.8 Å². The Labute approximate surface area is 142 Å². The van der Waals surface area contributed by atoms with Crippen LogP contribution in [0.15, 0.2) is 42.5 Å². The molecule has 1 N–H and O–H groups in total. The summed E-state index contributed by atoms with van der Waals surface area (Å²) in [4.78, 5) is 0. The van der Waals surface area contributed by atoms with E-state index in [1.165, 1.54) is 12.8 Å². The van der Waals surface area contributed by atoms with Gasteiger partial charge in [-0.15, -0.1) is 0 Å². The maximum atomic E-state index is 6.09. The van der Waals surface area contributed by atoms with Crippen LogP contribution in [0.4, 0.5) is 0 Å². The fourth-order valence-corrected chi connectivity index (χ4v) is 2.54. The summed E-state index contributed by atoms with van der Waals surface area (Å²) in [5, 5.41) is 4.27. The molecule has 0 atom stereocenters. The molecule has 1 aliphatic carbocycles. The van der Waals surface area contributed by atoms with E-state index < -0.39 is 0 Å². The van der Waals surface area contributed by atoms with Gasteiger partial charge in [0, 0.05) is 23.2 Å². The quantitative estimate of drug-likeness (QED) is 0.768. The summed E-state index contributed by atoms with van der Waals surface area (Å²) in [6.07, 6.45) is 2.54. The number of halogens is 1. The summed E-state index contributed by atoms with van der Waals surface area (Å²) >= 11 is 5.93. The van der Waals surface area contributed by atoms with E-state index in [-0.39, 0.29) is 0 Å². The van der Waals surface area contributed by atoms with Gasteiger partial charge in [0.25, 0.3) is 0 Å². The van der Waals surface area contributed by atoms with Crippen molar-refractivity contribution in [2.75, 3.05) is 6.61 Å². The average Bonchev–Trinajstić information content (AvgIpc) is 3.38. The number of para-hydroxylation sites is 1. The fraction of sp³-hybridized carbons (Fsp3) is 0.368. The van der Waals surface area contributed by atoms with Gasteiger partial charge in [-0.1, -0.05) is 35.9 Å². The topological polar surface area (TPSA) is 30.5 Å². The van der Waals surface area contributed by atoms with Gasteiger partial charge in [0.1, 0.15) is 6.61 Å². The molecule has 0 aromatic heterocycles. The van der Waals surface area contributed by atoms with Gasteiger partial charge in [-0.3, -0.25) is 0 Å². The molecular weight excluding hydrogens is 310 g/mol. The number of hydrogen-bond donors (Lipinski definition) is 1. The lowest BCUT2D eigenvalue weighted by Gasteiger charge is -2.16. The molecule has 2 aromatic rings. The van der Waals surface area contributed by atoms with Crippen LogP contribution < -0.4 is 14.8 Å². The Morgan fingerprint density at radius 3 is 2.57 bits per heavy atom. The molecule has 1 aliphatic rings. The van der Waals surface area contributed by atoms with E-state index in [1.807, 2.05) is 43.3 Å². The maximum absolute atomic E-state index is 6.09. The van der Waals surface area contributed by atoms with Crippen LogP contribution in [0.1, 0.15) is 30.9 Å². The first-order valence-corrected chi connectivity index (χ1v) is 8.49. The summed E-state index contributed by atoms with van der Waals surface area (Å²) < 4.78 is 11.8. The monoisotopic (exact) mass is 331 g/mol. The lowest BCUT2D eigenvalue weighted by molar-refractivity contribution is 0.266. The van der Waals surface area contributed by atoms with Crippen molar-refractivity contribution in [1.82, 2.24) is 5.32 Å². The molecule has 0 aliphatic heterocycles. The molecule has 0 radical (unpaired) electrons. The second-order valence-corrected chi connectivity index (χ2v) is 6.18. The van der Waals surface area contributed by atoms with Crippen LogP contribution in [0.5, 0.6) is 11.5 Å². The third-order valence-corrected chi connectivity index (χ3v) is 4.07. The molecule has 3 nitrogen and oxygen atoms in total. The van der Waals surface area contributed by atoms with Gasteiger partial charge in [-0.25, -0.2) is 0 Å². The minimum absolute atomic E-state index is 0.498. The second kappa shape index (κ2) is 7.71. The molecule has 0 bridgehead atoms. The highest BCUT2D eigenvalue weighted by molar-refractivity contribution is 6.30. The van der Waals surface area contributed by atoms with E-state index in [4.69, 9.17) is 21.1 Å². The zero-order valence-electron chi connectivity index (χ0n) is 13.3. The Kier molecular flexibility index (Phi) is 5.42. The van der Waals surface area contributed by atoms with E-state index in [0.717, 1.165) is 34.2 Å². The fourth-order valence-electron chi connectivity index (χ4n) is 2.41. The summed E-state index contributed by atoms with van der Waals surface area (Å²) in [6.45, 7) is 3.91. The number of hydrogen-bond acceptors (Lipinski definition) is 3. The first-order valence-electron chi connectivity index (χ1n) is 8.11. The van der Waals surface area contributed by atoms with Gasteiger partial charge in [0.05, 0.1) is 6.61 Å². The van der Waals surface area contributed by atoms with Crippen LogP contribution in [0.2, 0.25) is 5.02 Å². The van der Waals surface area contributed by atoms with Gasteiger partial charge in [0.2, 0.25) is 0 Å². The van der Waals surface area contributed by atoms with Gasteiger partial charge >= 0.3 is 0 Å². The van der Waals surface area contributed by atoms with E-state index in [0.29, 0.717) is 19.3 Å². The van der Waals surface area contributed by atoms with Crippen LogP contribution in [0.25, 0.3) is 0 Å². The number of nitrogens with one attached hydrogen (secondary N) is 1. The molecule has 1 fully saturated rings. The third-order valence-electron chi connectivity index (χ3n) is 3.82. The molecule has 0 spiro atoms. The molecule has 3 rings (SSSR count). The van der Waals surface area contributed by atoms with Crippen LogP contribution in [0.3, 0.4) is 0 Å². The highest BCUT2D eigenvalue weighted by atomic mass is 35.5. The molecule has 0 saturated heterocycles. The Morgan fingerprint density at radius 2 is 1.87 bits per heavy atom. The summed E-state index contributed by atoms with van der Waals surface area (Å²) in [6, 6.07) is 14.5. The van der Waals surface area contributed by atoms with Crippen LogP contribution in [-0.4, -0.2) is 12.6 Å². The molecular formula is C19H22ClNO2. The van der Waals surface area contributed by atoms with E-state index in [1.54, 1.807) is 0 Å². The van der Waals surface area contributed by atoms with Crippen molar-refractivity contribution in [3.63, 3.8) is 0 Å². The number of benzene rings is 2. The molecule has 1 saturated carbocycles. The minimum Gasteiger partial charge on any atom is -0.490 e. The second-order valence-electron chi connectivity index (χ2n) is 5.75. The van der Waals surface area contributed by atoms with Crippen LogP contribution in [-0.2, 0) is 13.2 Å². The first-order chi connectivity index (χ1) is 11.3. The summed E-state index contributed by atoms with van der Waals surface area (Å²) in [5.74, 6) is 1.63. The maximum Gasteiger partial charge on any atom is 0.166 e. The predicted molar refractivity (Wildman–Crippen MR) is 93.3 cm³/mol. The Bertz CT molecular complexity index is 638. The molecule has 0 heterocycles. The van der Waals surface area contributed by atoms with E-state index >= 15 is 0 Å². The van der Waals surface area contributed by atoms with Crippen molar-refractivity contribution in [2.45, 2.75) is 39.0 Å². The van der Waals surface area contributed by atoms with Crippen molar-refractivity contribution < 1.29 is 9.47 Å². The van der Waals surface area contributed by atoms with Crippen molar-refractivity contribution >= 4 is 11.6 Å². The van der Waals surface area contributed by atoms with Crippen LogP contribution in [0, 0.1) is 0 Å². The Balaban J connectivity index is 1.74. The average molecular weight is 332 g/mol. The van der Waals surface area contributed by atoms with Crippen molar-refractivity contribution in [3.05, 3.63) is 58.6 Å². The zero-order chi connectivity index (χ0) is 16.1. The van der Waals surface area contributed by atoms with Crippen molar-refractivity contribution in [3.8, 4) is 11.5 Å². The lowest BCUT2D eigenvalue weighted by Crippen LogP contribution is -2.16. The Morgan fingerprint density at radius 1 is 1.09 bits per heavy atom. The molecule has 2 aromatic carbocycles. The lowest BCUT2D eigenvalue weighted by atomic mass is 10.1. The highest BCUT2D eigenvalue weighted by Gasteiger charge is 2.21. The Hall–Kier alpha value is -1.71. The third kappa shape index (κ3) is 4.63. The van der Waals surface area contributed by atoms with E-state index in [9.17, 15) is 0 Å². The normalized spacial score (nSPS) is 13.8. The zero-order valence-corrected chi connectivity index (χ0v) is 14.1. The van der Waals surface area contributed by atoms with Crippen LogP contribution >= 0.6 is 11.6 Å². The molecule has 0 amide bonds. The summed E-state index contributed by atoms with van der Waals surface area (Å²) in [7, 11) is 0. The summed E-state index contributed by atoms with van der Waals surface area (Å²) in [5.41, 5.74) is 2.22. The molecule has 0 unspecified atom stereocenters. The largest absolute Gasteiger partial charge is 0.490 e. The van der Waals surface area contributed by atoms with Gasteiger partial charge in [0.15, 0.2) is 11.5 Å². The van der Waals surface area contributed by atoms with Crippen molar-refractivity contribution in [1.29, 1.82) is 0 Å². The smallest absolute Gasteiger partial charge is 0.166 e. The molecule has 23 heavy (non-hydrogen) atoms. The molecule has 4 heteroatoms. The number of rotatable bonds is 8. The predicted octanol–water partition coefficient (Wildman–Crippen LogP) is 4.57. The minimum atomic E-state index is 0.498. The highest BCUT2D eigenvalue weighted by Crippen LogP contribution is 2.33. The SMILES string of the molecule is CCOc1cccc(CNC2CC2)c1OCc1ccc(Cl)cc1. The van der Waals surface area contributed by atoms with Gasteiger partial charge in [-0.2, -0.15) is 0 Å². The van der Waals surface area contributed by atoms with E-state index in [2.05, 4.69) is 11.4 Å². The molecule has 122 valence electrons. The first kappa shape index (κ1) is 16.2. The van der Waals surface area contributed by atoms with Crippen molar-refractivity contribution in [2.24, 2.45) is 0 Å². The van der Waals surface area contributed by atoms with Gasteiger partial charge in [-0.05, 0) is 43.5 Å².